The molecule has 0 radical (unpaired) electrons. The number of nitrogens with zero attached hydrogens (tertiary/aromatic N) is 1. The van der Waals surface area contributed by atoms with E-state index in [4.69, 9.17) is 15.9 Å². The quantitative estimate of drug-likeness (QED) is 0.641. The van der Waals surface area contributed by atoms with E-state index in [1.807, 2.05) is 31.2 Å². The Morgan fingerprint density at radius 2 is 2.11 bits per heavy atom. The number of nitrogens with two attached hydrogens (primary N) is 1. The molecule has 5 heteroatoms. The number of nitrogen functional groups attached to an aromatic ring is 1. The van der Waals surface area contributed by atoms with Gasteiger partial charge in [-0.05, 0) is 19.1 Å². The van der Waals surface area contributed by atoms with E-state index in [-0.39, 0.29) is 5.84 Å². The number of aryl methyl sites for hydroxylation is 1. The summed E-state index contributed by atoms with van der Waals surface area (Å²) in [6.45, 7) is 2.62. The summed E-state index contributed by atoms with van der Waals surface area (Å²) >= 11 is 1.44. The maximum atomic E-state index is 7.30. The van der Waals surface area contributed by atoms with Gasteiger partial charge in [-0.15, -0.1) is 11.3 Å². The van der Waals surface area contributed by atoms with Gasteiger partial charge in [0.2, 0.25) is 0 Å². The maximum Gasteiger partial charge on any atom is 0.134 e. The van der Waals surface area contributed by atoms with Gasteiger partial charge in [0.05, 0.1) is 16.5 Å². The van der Waals surface area contributed by atoms with E-state index >= 15 is 0 Å². The maximum absolute atomic E-state index is 7.30. The van der Waals surface area contributed by atoms with Gasteiger partial charge in [0.1, 0.15) is 11.6 Å². The smallest absolute Gasteiger partial charge is 0.134 e. The first kappa shape index (κ1) is 12.6. The molecule has 94 valence electrons. The predicted molar refractivity (Wildman–Crippen MR) is 73.5 cm³/mol. The van der Waals surface area contributed by atoms with Crippen molar-refractivity contribution in [2.75, 3.05) is 6.61 Å². The predicted octanol–water partition coefficient (Wildman–Crippen LogP) is 2.36. The largest absolute Gasteiger partial charge is 0.493 e. The van der Waals surface area contributed by atoms with Gasteiger partial charge in [0.15, 0.2) is 0 Å². The molecule has 0 saturated carbocycles. The molecule has 0 aliphatic rings. The average molecular weight is 261 g/mol. The molecule has 0 unspecified atom stereocenters. The van der Waals surface area contributed by atoms with Gasteiger partial charge in [-0.1, -0.05) is 17.7 Å². The van der Waals surface area contributed by atoms with Crippen LogP contribution in [0, 0.1) is 12.3 Å². The van der Waals surface area contributed by atoms with Gasteiger partial charge in [-0.2, -0.15) is 0 Å². The molecule has 0 amide bonds. The van der Waals surface area contributed by atoms with Gasteiger partial charge in [-0.3, -0.25) is 5.41 Å². The van der Waals surface area contributed by atoms with E-state index in [1.54, 1.807) is 6.20 Å². The standard InChI is InChI=1S/C13H15N3OS/c1-9-2-4-10(5-3-9)17-7-6-12-16-8-11(18-12)13(14)15/h2-5,8H,6-7H2,1H3,(H3,14,15). The third-order valence-corrected chi connectivity index (χ3v) is 3.52. The van der Waals surface area contributed by atoms with Crippen molar-refractivity contribution in [3.05, 3.63) is 45.9 Å². The monoisotopic (exact) mass is 261 g/mol. The SMILES string of the molecule is Cc1ccc(OCCc2ncc(C(=N)N)s2)cc1. The second kappa shape index (κ2) is 5.64. The van der Waals surface area contributed by atoms with Gasteiger partial charge >= 0.3 is 0 Å². The molecule has 4 nitrogen and oxygen atoms in total. The highest BCUT2D eigenvalue weighted by molar-refractivity contribution is 7.13. The number of rotatable bonds is 5. The summed E-state index contributed by atoms with van der Waals surface area (Å²) in [6.07, 6.45) is 2.36. The Labute approximate surface area is 110 Å². The summed E-state index contributed by atoms with van der Waals surface area (Å²) in [5, 5.41) is 8.23. The van der Waals surface area contributed by atoms with Crippen LogP contribution in [0.1, 0.15) is 15.4 Å². The molecule has 18 heavy (non-hydrogen) atoms. The molecule has 1 aromatic carbocycles. The van der Waals surface area contributed by atoms with Gasteiger partial charge in [0.25, 0.3) is 0 Å². The lowest BCUT2D eigenvalue weighted by atomic mass is 10.2. The van der Waals surface area contributed by atoms with Crippen molar-refractivity contribution in [2.24, 2.45) is 5.73 Å². The zero-order valence-corrected chi connectivity index (χ0v) is 11.0. The lowest BCUT2D eigenvalue weighted by molar-refractivity contribution is 0.321. The Kier molecular flexibility index (Phi) is 3.94. The molecule has 3 N–H and O–H groups in total. The third kappa shape index (κ3) is 3.30. The summed E-state index contributed by atoms with van der Waals surface area (Å²) in [5.41, 5.74) is 6.60. The van der Waals surface area contributed by atoms with Crippen LogP contribution < -0.4 is 10.5 Å². The summed E-state index contributed by atoms with van der Waals surface area (Å²) < 4.78 is 5.62. The van der Waals surface area contributed by atoms with E-state index < -0.39 is 0 Å². The van der Waals surface area contributed by atoms with Crippen LogP contribution >= 0.6 is 11.3 Å². The van der Waals surface area contributed by atoms with Crippen LogP contribution in [0.3, 0.4) is 0 Å². The van der Waals surface area contributed by atoms with E-state index in [0.29, 0.717) is 11.5 Å². The molecule has 0 saturated heterocycles. The number of hydrogen-bond acceptors (Lipinski definition) is 4. The molecule has 1 heterocycles. The Hall–Kier alpha value is -1.88. The molecule has 0 bridgehead atoms. The lowest BCUT2D eigenvalue weighted by Gasteiger charge is -2.04. The topological polar surface area (TPSA) is 72.0 Å². The number of nitrogens with one attached hydrogen (secondary N) is 1. The summed E-state index contributed by atoms with van der Waals surface area (Å²) in [6, 6.07) is 7.95. The molecule has 2 rings (SSSR count). The minimum atomic E-state index is 0.0678. The Bertz CT molecular complexity index is 533. The van der Waals surface area contributed by atoms with Gasteiger partial charge < -0.3 is 10.5 Å². The fourth-order valence-corrected chi connectivity index (χ4v) is 2.20. The highest BCUT2D eigenvalue weighted by Crippen LogP contribution is 2.15. The Balaban J connectivity index is 1.84. The van der Waals surface area contributed by atoms with Crippen molar-refractivity contribution >= 4 is 17.2 Å². The van der Waals surface area contributed by atoms with Crippen LogP contribution in [0.5, 0.6) is 5.75 Å². The highest BCUT2D eigenvalue weighted by atomic mass is 32.1. The van der Waals surface area contributed by atoms with E-state index in [0.717, 1.165) is 17.2 Å². The number of aromatic nitrogens is 1. The second-order valence-electron chi connectivity index (χ2n) is 3.94. The normalized spacial score (nSPS) is 10.3. The first-order chi connectivity index (χ1) is 8.65. The molecule has 1 aromatic heterocycles. The van der Waals surface area contributed by atoms with E-state index in [2.05, 4.69) is 4.98 Å². The molecular weight excluding hydrogens is 246 g/mol. The molecule has 0 aliphatic carbocycles. The van der Waals surface area contributed by atoms with Crippen LogP contribution in [0.25, 0.3) is 0 Å². The summed E-state index contributed by atoms with van der Waals surface area (Å²) in [5.74, 6) is 0.933. The first-order valence-corrected chi connectivity index (χ1v) is 6.45. The number of amidine groups is 1. The zero-order chi connectivity index (χ0) is 13.0. The zero-order valence-electron chi connectivity index (χ0n) is 10.1. The van der Waals surface area contributed by atoms with Crippen LogP contribution in [0.15, 0.2) is 30.5 Å². The minimum absolute atomic E-state index is 0.0678. The Morgan fingerprint density at radius 1 is 1.39 bits per heavy atom. The number of hydrogen-bond donors (Lipinski definition) is 2. The molecule has 2 aromatic rings. The molecule has 0 fully saturated rings. The number of thiazole rings is 1. The van der Waals surface area contributed by atoms with Crippen LogP contribution in [0.4, 0.5) is 0 Å². The lowest BCUT2D eigenvalue weighted by Crippen LogP contribution is -2.08. The van der Waals surface area contributed by atoms with Gasteiger partial charge in [0, 0.05) is 12.6 Å². The van der Waals surface area contributed by atoms with E-state index in [1.165, 1.54) is 16.9 Å². The van der Waals surface area contributed by atoms with Gasteiger partial charge in [-0.25, -0.2) is 4.98 Å². The fraction of sp³-hybridized carbons (Fsp3) is 0.231. The van der Waals surface area contributed by atoms with Crippen molar-refractivity contribution in [3.63, 3.8) is 0 Å². The third-order valence-electron chi connectivity index (χ3n) is 2.42. The average Bonchev–Trinajstić information content (AvgIpc) is 2.81. The molecule has 0 atom stereocenters. The first-order valence-electron chi connectivity index (χ1n) is 5.64. The molecule has 0 spiro atoms. The van der Waals surface area contributed by atoms with Crippen molar-refractivity contribution in [2.45, 2.75) is 13.3 Å². The molecule has 0 aliphatic heterocycles. The number of ether oxygens (including phenoxy) is 1. The van der Waals surface area contributed by atoms with Crippen LogP contribution in [0.2, 0.25) is 0 Å². The van der Waals surface area contributed by atoms with Crippen LogP contribution in [-0.2, 0) is 6.42 Å². The minimum Gasteiger partial charge on any atom is -0.493 e. The molecular formula is C13H15N3OS. The summed E-state index contributed by atoms with van der Waals surface area (Å²) in [7, 11) is 0. The van der Waals surface area contributed by atoms with Crippen molar-refractivity contribution < 1.29 is 4.74 Å². The van der Waals surface area contributed by atoms with Crippen molar-refractivity contribution in [1.29, 1.82) is 5.41 Å². The van der Waals surface area contributed by atoms with Crippen molar-refractivity contribution in [3.8, 4) is 5.75 Å². The van der Waals surface area contributed by atoms with E-state index in [9.17, 15) is 0 Å². The number of benzene rings is 1. The highest BCUT2D eigenvalue weighted by Gasteiger charge is 2.04. The fourth-order valence-electron chi connectivity index (χ4n) is 1.44. The summed E-state index contributed by atoms with van der Waals surface area (Å²) in [4.78, 5) is 4.91. The van der Waals surface area contributed by atoms with Crippen LogP contribution in [-0.4, -0.2) is 17.4 Å². The second-order valence-corrected chi connectivity index (χ2v) is 5.06. The van der Waals surface area contributed by atoms with Crippen molar-refractivity contribution in [1.82, 2.24) is 4.98 Å². The Morgan fingerprint density at radius 3 is 2.72 bits per heavy atom.